The molecule has 1 saturated carbocycles. The lowest BCUT2D eigenvalue weighted by Gasteiger charge is -2.28. The van der Waals surface area contributed by atoms with Crippen LogP contribution in [0, 0.1) is 5.92 Å². The smallest absolute Gasteiger partial charge is 0.229 e. The number of hydrogen-bond acceptors (Lipinski definition) is 4. The van der Waals surface area contributed by atoms with E-state index in [2.05, 4.69) is 0 Å². The molecule has 2 N–H and O–H groups in total. The second kappa shape index (κ2) is 4.20. The normalized spacial score (nSPS) is 38.5. The van der Waals surface area contributed by atoms with Crippen LogP contribution in [-0.4, -0.2) is 34.5 Å². The van der Waals surface area contributed by atoms with Gasteiger partial charge in [0.2, 0.25) is 11.6 Å². The minimum Gasteiger partial charge on any atom is -0.383 e. The quantitative estimate of drug-likeness (QED) is 0.706. The molecule has 4 nitrogen and oxygen atoms in total. The summed E-state index contributed by atoms with van der Waals surface area (Å²) >= 11 is 0. The zero-order chi connectivity index (χ0) is 10.9. The predicted octanol–water partition coefficient (Wildman–Crippen LogP) is 0.606. The molecular weight excluding hydrogens is 196 g/mol. The molecule has 0 radical (unpaired) electrons. The third-order valence-electron chi connectivity index (χ3n) is 3.46. The van der Waals surface area contributed by atoms with Gasteiger partial charge in [0.25, 0.3) is 0 Å². The molecule has 1 saturated heterocycles. The minimum atomic E-state index is -1.71. The Hall–Kier alpha value is -0.450. The Morgan fingerprint density at radius 1 is 1.33 bits per heavy atom. The summed E-state index contributed by atoms with van der Waals surface area (Å²) in [6.07, 6.45) is 4.88. The first-order valence-corrected chi connectivity index (χ1v) is 5.70. The first kappa shape index (κ1) is 11.0. The summed E-state index contributed by atoms with van der Waals surface area (Å²) < 4.78 is 5.02. The van der Waals surface area contributed by atoms with E-state index in [4.69, 9.17) is 4.74 Å². The number of aliphatic hydroxyl groups is 2. The number of ether oxygens (including phenoxy) is 1. The number of carbonyl (C=O) groups excluding carboxylic acids is 1. The molecule has 2 unspecified atom stereocenters. The van der Waals surface area contributed by atoms with Gasteiger partial charge in [-0.1, -0.05) is 32.1 Å². The van der Waals surface area contributed by atoms with E-state index in [0.29, 0.717) is 12.3 Å². The Kier molecular flexibility index (Phi) is 3.09. The molecule has 2 atom stereocenters. The van der Waals surface area contributed by atoms with Gasteiger partial charge in [0.1, 0.15) is 6.10 Å². The molecule has 0 aromatic carbocycles. The highest BCUT2D eigenvalue weighted by Gasteiger charge is 2.48. The summed E-state index contributed by atoms with van der Waals surface area (Å²) in [6, 6.07) is 0. The highest BCUT2D eigenvalue weighted by molar-refractivity contribution is 5.91. The van der Waals surface area contributed by atoms with Crippen molar-refractivity contribution in [2.75, 3.05) is 6.61 Å². The van der Waals surface area contributed by atoms with Crippen molar-refractivity contribution in [1.82, 2.24) is 0 Å². The molecular formula is C11H18O4. The van der Waals surface area contributed by atoms with Crippen molar-refractivity contribution in [1.29, 1.82) is 0 Å². The van der Waals surface area contributed by atoms with Crippen LogP contribution in [0.1, 0.15) is 38.5 Å². The highest BCUT2D eigenvalue weighted by atomic mass is 16.6. The van der Waals surface area contributed by atoms with Gasteiger partial charge in [-0.3, -0.25) is 4.79 Å². The average molecular weight is 214 g/mol. The summed E-state index contributed by atoms with van der Waals surface area (Å²) in [7, 11) is 0. The van der Waals surface area contributed by atoms with Crippen LogP contribution in [0.2, 0.25) is 0 Å². The molecule has 0 aromatic heterocycles. The maximum Gasteiger partial charge on any atom is 0.229 e. The number of hydrogen-bond donors (Lipinski definition) is 2. The van der Waals surface area contributed by atoms with Crippen molar-refractivity contribution in [2.45, 2.75) is 50.4 Å². The molecule has 86 valence electrons. The fourth-order valence-electron chi connectivity index (χ4n) is 2.57. The van der Waals surface area contributed by atoms with E-state index in [1.807, 2.05) is 0 Å². The molecule has 1 heterocycles. The molecule has 1 aliphatic carbocycles. The van der Waals surface area contributed by atoms with Gasteiger partial charge in [-0.15, -0.1) is 0 Å². The molecule has 1 aliphatic heterocycles. The number of Topliss-reactive ketones (excluding diaryl/α,β-unsaturated/α-hetero) is 1. The zero-order valence-corrected chi connectivity index (χ0v) is 8.82. The molecule has 2 fully saturated rings. The van der Waals surface area contributed by atoms with E-state index in [9.17, 15) is 15.0 Å². The zero-order valence-electron chi connectivity index (χ0n) is 8.82. The standard InChI is InChI=1S/C11H18O4/c12-9-7-15-11(14,10(9)13)6-8-4-2-1-3-5-8/h8-9,12,14H,1-7H2. The third-order valence-corrected chi connectivity index (χ3v) is 3.46. The van der Waals surface area contributed by atoms with Crippen LogP contribution < -0.4 is 0 Å². The van der Waals surface area contributed by atoms with Crippen molar-refractivity contribution in [3.8, 4) is 0 Å². The van der Waals surface area contributed by atoms with Crippen molar-refractivity contribution in [3.63, 3.8) is 0 Å². The van der Waals surface area contributed by atoms with Gasteiger partial charge in [-0.25, -0.2) is 0 Å². The monoisotopic (exact) mass is 214 g/mol. The molecule has 0 aromatic rings. The van der Waals surface area contributed by atoms with Crippen molar-refractivity contribution < 1.29 is 19.7 Å². The van der Waals surface area contributed by atoms with Gasteiger partial charge >= 0.3 is 0 Å². The lowest BCUT2D eigenvalue weighted by atomic mass is 9.83. The molecule has 0 bridgehead atoms. The maximum atomic E-state index is 11.5. The van der Waals surface area contributed by atoms with E-state index in [1.165, 1.54) is 6.42 Å². The third kappa shape index (κ3) is 2.22. The summed E-state index contributed by atoms with van der Waals surface area (Å²) in [6.45, 7) is -0.0674. The number of carbonyl (C=O) groups is 1. The average Bonchev–Trinajstić information content (AvgIpc) is 2.48. The second-order valence-corrected chi connectivity index (χ2v) is 4.68. The van der Waals surface area contributed by atoms with E-state index in [-0.39, 0.29) is 6.61 Å². The van der Waals surface area contributed by atoms with Crippen molar-refractivity contribution in [3.05, 3.63) is 0 Å². The SMILES string of the molecule is O=C1C(O)COC1(O)CC1CCCCC1. The van der Waals surface area contributed by atoms with E-state index in [0.717, 1.165) is 25.7 Å². The van der Waals surface area contributed by atoms with Gasteiger partial charge < -0.3 is 14.9 Å². The van der Waals surface area contributed by atoms with Gasteiger partial charge in [-0.2, -0.15) is 0 Å². The van der Waals surface area contributed by atoms with Crippen LogP contribution in [-0.2, 0) is 9.53 Å². The molecule has 2 aliphatic rings. The first-order valence-electron chi connectivity index (χ1n) is 5.70. The Labute approximate surface area is 89.2 Å². The highest BCUT2D eigenvalue weighted by Crippen LogP contribution is 2.34. The van der Waals surface area contributed by atoms with E-state index >= 15 is 0 Å². The van der Waals surface area contributed by atoms with Gasteiger partial charge in [0.05, 0.1) is 6.61 Å². The maximum absolute atomic E-state index is 11.5. The van der Waals surface area contributed by atoms with Gasteiger partial charge in [-0.05, 0) is 5.92 Å². The number of aliphatic hydroxyl groups excluding tert-OH is 1. The first-order chi connectivity index (χ1) is 7.12. The summed E-state index contributed by atoms with van der Waals surface area (Å²) in [4.78, 5) is 11.5. The van der Waals surface area contributed by atoms with Crippen LogP contribution in [0.5, 0.6) is 0 Å². The number of ketones is 1. The molecule has 2 rings (SSSR count). The van der Waals surface area contributed by atoms with Gasteiger partial charge in [0, 0.05) is 6.42 Å². The minimum absolute atomic E-state index is 0.0674. The number of rotatable bonds is 2. The van der Waals surface area contributed by atoms with Crippen LogP contribution in [0.15, 0.2) is 0 Å². The van der Waals surface area contributed by atoms with Crippen LogP contribution in [0.25, 0.3) is 0 Å². The Balaban J connectivity index is 1.95. The summed E-state index contributed by atoms with van der Waals surface area (Å²) in [5, 5.41) is 19.2. The largest absolute Gasteiger partial charge is 0.383 e. The van der Waals surface area contributed by atoms with E-state index in [1.54, 1.807) is 0 Å². The molecule has 15 heavy (non-hydrogen) atoms. The lowest BCUT2D eigenvalue weighted by molar-refractivity contribution is -0.190. The fraction of sp³-hybridized carbons (Fsp3) is 0.909. The molecule has 0 spiro atoms. The Bertz CT molecular complexity index is 247. The molecule has 4 heteroatoms. The van der Waals surface area contributed by atoms with Gasteiger partial charge in [0.15, 0.2) is 0 Å². The summed E-state index contributed by atoms with van der Waals surface area (Å²) in [5.41, 5.74) is 0. The molecule has 0 amide bonds. The van der Waals surface area contributed by atoms with Crippen LogP contribution >= 0.6 is 0 Å². The topological polar surface area (TPSA) is 66.8 Å². The van der Waals surface area contributed by atoms with Crippen LogP contribution in [0.3, 0.4) is 0 Å². The lowest BCUT2D eigenvalue weighted by Crippen LogP contribution is -2.40. The Morgan fingerprint density at radius 2 is 2.00 bits per heavy atom. The Morgan fingerprint density at radius 3 is 2.53 bits per heavy atom. The van der Waals surface area contributed by atoms with Crippen molar-refractivity contribution in [2.24, 2.45) is 5.92 Å². The summed E-state index contributed by atoms with van der Waals surface area (Å²) in [5.74, 6) is -1.91. The van der Waals surface area contributed by atoms with Crippen molar-refractivity contribution >= 4 is 5.78 Å². The predicted molar refractivity (Wildman–Crippen MR) is 53.1 cm³/mol. The second-order valence-electron chi connectivity index (χ2n) is 4.68. The fourth-order valence-corrected chi connectivity index (χ4v) is 2.57. The van der Waals surface area contributed by atoms with Crippen LogP contribution in [0.4, 0.5) is 0 Å². The van der Waals surface area contributed by atoms with E-state index < -0.39 is 17.7 Å².